The number of amides is 1. The third-order valence-corrected chi connectivity index (χ3v) is 3.26. The quantitative estimate of drug-likeness (QED) is 0.881. The molecule has 4 heteroatoms. The van der Waals surface area contributed by atoms with Crippen LogP contribution in [0.2, 0.25) is 0 Å². The van der Waals surface area contributed by atoms with Gasteiger partial charge in [-0.3, -0.25) is 9.78 Å². The number of para-hydroxylation sites is 1. The van der Waals surface area contributed by atoms with Crippen LogP contribution in [0.3, 0.4) is 0 Å². The Morgan fingerprint density at radius 3 is 2.95 bits per heavy atom. The van der Waals surface area contributed by atoms with Crippen LogP contribution >= 0.6 is 0 Å². The highest BCUT2D eigenvalue weighted by Gasteiger charge is 2.21. The first-order valence-electron chi connectivity index (χ1n) is 6.62. The van der Waals surface area contributed by atoms with Crippen LogP contribution in [-0.4, -0.2) is 23.5 Å². The molecule has 0 aliphatic heterocycles. The molecular weight excluding hydrogens is 238 g/mol. The Morgan fingerprint density at radius 2 is 2.16 bits per heavy atom. The zero-order chi connectivity index (χ0) is 13.2. The van der Waals surface area contributed by atoms with Crippen molar-refractivity contribution in [2.24, 2.45) is 0 Å². The third-order valence-electron chi connectivity index (χ3n) is 3.26. The summed E-state index contributed by atoms with van der Waals surface area (Å²) in [7, 11) is 0. The van der Waals surface area contributed by atoms with Crippen molar-refractivity contribution in [2.45, 2.75) is 25.8 Å². The summed E-state index contributed by atoms with van der Waals surface area (Å²) in [4.78, 5) is 16.4. The summed E-state index contributed by atoms with van der Waals surface area (Å²) in [6.07, 6.45) is 2.37. The fraction of sp³-hybridized carbons (Fsp3) is 0.333. The van der Waals surface area contributed by atoms with Crippen LogP contribution in [0.25, 0.3) is 10.9 Å². The topological polar surface area (TPSA) is 54.0 Å². The predicted octanol–water partition coefficient (Wildman–Crippen LogP) is 2.23. The summed E-state index contributed by atoms with van der Waals surface area (Å²) >= 11 is 0. The van der Waals surface area contributed by atoms with Crippen molar-refractivity contribution < 1.29 is 4.79 Å². The van der Waals surface area contributed by atoms with Crippen LogP contribution < -0.4 is 10.6 Å². The molecule has 1 aromatic carbocycles. The normalized spacial score (nSPS) is 14.6. The van der Waals surface area contributed by atoms with Gasteiger partial charge >= 0.3 is 0 Å². The highest BCUT2D eigenvalue weighted by atomic mass is 16.1. The molecule has 1 amide bonds. The number of carbonyl (C=O) groups is 1. The van der Waals surface area contributed by atoms with E-state index in [2.05, 4.69) is 15.6 Å². The Morgan fingerprint density at radius 1 is 1.32 bits per heavy atom. The van der Waals surface area contributed by atoms with Gasteiger partial charge in [-0.2, -0.15) is 0 Å². The van der Waals surface area contributed by atoms with Crippen molar-refractivity contribution >= 4 is 22.5 Å². The first kappa shape index (κ1) is 12.1. The van der Waals surface area contributed by atoms with Crippen molar-refractivity contribution in [3.05, 3.63) is 36.0 Å². The standard InChI is InChI=1S/C15H17N3O/c1-10-5-6-11-3-2-4-13(15(11)17-10)18-14(19)9-16-12-7-8-12/h2-6,12,16H,7-9H2,1H3,(H,18,19). The maximum Gasteiger partial charge on any atom is 0.238 e. The van der Waals surface area contributed by atoms with Gasteiger partial charge in [0.05, 0.1) is 17.7 Å². The molecule has 0 spiro atoms. The summed E-state index contributed by atoms with van der Waals surface area (Å²) in [5, 5.41) is 7.18. The summed E-state index contributed by atoms with van der Waals surface area (Å²) in [5.41, 5.74) is 2.58. The fourth-order valence-electron chi connectivity index (χ4n) is 2.06. The molecule has 0 atom stereocenters. The smallest absolute Gasteiger partial charge is 0.238 e. The molecule has 1 aromatic heterocycles. The molecular formula is C15H17N3O. The van der Waals surface area contributed by atoms with Crippen LogP contribution in [0, 0.1) is 6.92 Å². The van der Waals surface area contributed by atoms with Crippen molar-refractivity contribution in [2.75, 3.05) is 11.9 Å². The van der Waals surface area contributed by atoms with E-state index in [1.54, 1.807) is 0 Å². The lowest BCUT2D eigenvalue weighted by molar-refractivity contribution is -0.115. The van der Waals surface area contributed by atoms with E-state index >= 15 is 0 Å². The van der Waals surface area contributed by atoms with E-state index in [0.29, 0.717) is 12.6 Å². The van der Waals surface area contributed by atoms with Crippen LogP contribution in [0.5, 0.6) is 0 Å². The highest BCUT2D eigenvalue weighted by molar-refractivity contribution is 6.01. The van der Waals surface area contributed by atoms with Gasteiger partial charge < -0.3 is 10.6 Å². The Hall–Kier alpha value is -1.94. The molecule has 2 N–H and O–H groups in total. The third kappa shape index (κ3) is 2.90. The van der Waals surface area contributed by atoms with Gasteiger partial charge in [-0.1, -0.05) is 18.2 Å². The van der Waals surface area contributed by atoms with Gasteiger partial charge in [0.25, 0.3) is 0 Å². The minimum Gasteiger partial charge on any atom is -0.323 e. The molecule has 98 valence electrons. The van der Waals surface area contributed by atoms with Crippen molar-refractivity contribution in [3.63, 3.8) is 0 Å². The number of fused-ring (bicyclic) bond motifs is 1. The molecule has 0 bridgehead atoms. The number of rotatable bonds is 4. The number of aromatic nitrogens is 1. The number of hydrogen-bond acceptors (Lipinski definition) is 3. The molecule has 1 saturated carbocycles. The van der Waals surface area contributed by atoms with E-state index in [9.17, 15) is 4.79 Å². The maximum absolute atomic E-state index is 11.9. The van der Waals surface area contributed by atoms with Crippen LogP contribution in [0.15, 0.2) is 30.3 Å². The van der Waals surface area contributed by atoms with Gasteiger partial charge in [-0.05, 0) is 31.9 Å². The molecule has 4 nitrogen and oxygen atoms in total. The van der Waals surface area contributed by atoms with Crippen molar-refractivity contribution in [3.8, 4) is 0 Å². The Labute approximate surface area is 112 Å². The van der Waals surface area contributed by atoms with E-state index < -0.39 is 0 Å². The number of hydrogen-bond donors (Lipinski definition) is 2. The van der Waals surface area contributed by atoms with E-state index in [-0.39, 0.29) is 5.91 Å². The minimum absolute atomic E-state index is 0.0114. The molecule has 1 aliphatic rings. The number of anilines is 1. The summed E-state index contributed by atoms with van der Waals surface area (Å²) in [5.74, 6) is -0.0114. The summed E-state index contributed by atoms with van der Waals surface area (Å²) in [6, 6.07) is 10.4. The molecule has 0 saturated heterocycles. The first-order valence-corrected chi connectivity index (χ1v) is 6.62. The van der Waals surface area contributed by atoms with Crippen LogP contribution in [-0.2, 0) is 4.79 Å². The fourth-order valence-corrected chi connectivity index (χ4v) is 2.06. The first-order chi connectivity index (χ1) is 9.22. The lowest BCUT2D eigenvalue weighted by atomic mass is 10.1. The second-order valence-corrected chi connectivity index (χ2v) is 5.03. The summed E-state index contributed by atoms with van der Waals surface area (Å²) < 4.78 is 0. The van der Waals surface area contributed by atoms with Gasteiger partial charge in [0.15, 0.2) is 0 Å². The Kier molecular flexibility index (Phi) is 3.17. The van der Waals surface area contributed by atoms with Gasteiger partial charge in [0, 0.05) is 17.1 Å². The van der Waals surface area contributed by atoms with Crippen LogP contribution in [0.1, 0.15) is 18.5 Å². The Balaban J connectivity index is 1.79. The SMILES string of the molecule is Cc1ccc2cccc(NC(=O)CNC3CC3)c2n1. The molecule has 19 heavy (non-hydrogen) atoms. The Bertz CT molecular complexity index is 620. The number of benzene rings is 1. The molecule has 3 rings (SSSR count). The molecule has 1 fully saturated rings. The van der Waals surface area contributed by atoms with Crippen LogP contribution in [0.4, 0.5) is 5.69 Å². The summed E-state index contributed by atoms with van der Waals surface area (Å²) in [6.45, 7) is 2.32. The lowest BCUT2D eigenvalue weighted by Crippen LogP contribution is -2.29. The van der Waals surface area contributed by atoms with Gasteiger partial charge in [0.1, 0.15) is 0 Å². The number of carbonyl (C=O) groups excluding carboxylic acids is 1. The largest absolute Gasteiger partial charge is 0.323 e. The molecule has 1 aliphatic carbocycles. The lowest BCUT2D eigenvalue weighted by Gasteiger charge is -2.09. The number of nitrogens with one attached hydrogen (secondary N) is 2. The monoisotopic (exact) mass is 255 g/mol. The number of nitrogens with zero attached hydrogens (tertiary/aromatic N) is 1. The highest BCUT2D eigenvalue weighted by Crippen LogP contribution is 2.22. The predicted molar refractivity (Wildman–Crippen MR) is 76.1 cm³/mol. The van der Waals surface area contributed by atoms with E-state index in [4.69, 9.17) is 0 Å². The minimum atomic E-state index is -0.0114. The molecule has 0 unspecified atom stereocenters. The molecule has 0 radical (unpaired) electrons. The second kappa shape index (κ2) is 4.97. The average molecular weight is 255 g/mol. The van der Waals surface area contributed by atoms with E-state index in [0.717, 1.165) is 22.3 Å². The second-order valence-electron chi connectivity index (χ2n) is 5.03. The zero-order valence-corrected chi connectivity index (χ0v) is 10.9. The van der Waals surface area contributed by atoms with E-state index in [1.807, 2.05) is 37.3 Å². The van der Waals surface area contributed by atoms with Gasteiger partial charge in [-0.15, -0.1) is 0 Å². The van der Waals surface area contributed by atoms with E-state index in [1.165, 1.54) is 12.8 Å². The van der Waals surface area contributed by atoms with Gasteiger partial charge in [0.2, 0.25) is 5.91 Å². The zero-order valence-electron chi connectivity index (χ0n) is 10.9. The van der Waals surface area contributed by atoms with Gasteiger partial charge in [-0.25, -0.2) is 0 Å². The number of pyridine rings is 1. The number of aryl methyl sites for hydroxylation is 1. The average Bonchev–Trinajstić information content (AvgIpc) is 3.21. The van der Waals surface area contributed by atoms with Crippen molar-refractivity contribution in [1.82, 2.24) is 10.3 Å². The molecule has 1 heterocycles. The maximum atomic E-state index is 11.9. The van der Waals surface area contributed by atoms with Crippen molar-refractivity contribution in [1.29, 1.82) is 0 Å². The molecule has 2 aromatic rings.